The van der Waals surface area contributed by atoms with E-state index in [1.165, 1.54) is 11.1 Å². The Labute approximate surface area is 111 Å². The van der Waals surface area contributed by atoms with Crippen molar-refractivity contribution in [1.29, 1.82) is 5.26 Å². The summed E-state index contributed by atoms with van der Waals surface area (Å²) in [5.41, 5.74) is 2.91. The summed E-state index contributed by atoms with van der Waals surface area (Å²) in [6.45, 7) is 2.72. The molecule has 0 bridgehead atoms. The Morgan fingerprint density at radius 3 is 2.83 bits per heavy atom. The Kier molecular flexibility index (Phi) is 3.81. The fourth-order valence-corrected chi connectivity index (χ4v) is 1.85. The molecule has 4 heteroatoms. The predicted octanol–water partition coefficient (Wildman–Crippen LogP) is 3.53. The van der Waals surface area contributed by atoms with Gasteiger partial charge >= 0.3 is 0 Å². The Morgan fingerprint density at radius 1 is 1.33 bits per heavy atom. The first kappa shape index (κ1) is 12.4. The van der Waals surface area contributed by atoms with E-state index >= 15 is 0 Å². The molecule has 0 saturated heterocycles. The Hall–Kier alpha value is -2.05. The van der Waals surface area contributed by atoms with E-state index in [0.717, 1.165) is 0 Å². The molecule has 1 aromatic heterocycles. The lowest BCUT2D eigenvalue weighted by atomic mass is 10.1. The molecule has 1 heterocycles. The van der Waals surface area contributed by atoms with Crippen LogP contribution in [0.2, 0.25) is 5.15 Å². The van der Waals surface area contributed by atoms with Gasteiger partial charge in [-0.05, 0) is 30.2 Å². The van der Waals surface area contributed by atoms with Gasteiger partial charge in [0.25, 0.3) is 0 Å². The molecule has 0 unspecified atom stereocenters. The van der Waals surface area contributed by atoms with E-state index in [-0.39, 0.29) is 0 Å². The van der Waals surface area contributed by atoms with Crippen LogP contribution in [0.1, 0.15) is 16.7 Å². The molecule has 0 radical (unpaired) electrons. The van der Waals surface area contributed by atoms with Crippen LogP contribution in [-0.2, 0) is 6.54 Å². The van der Waals surface area contributed by atoms with Gasteiger partial charge in [0.15, 0.2) is 0 Å². The molecule has 1 aromatic carbocycles. The SMILES string of the molecule is Cc1ccccc1CNc1cc(C#N)cc(Cl)n1. The molecule has 0 aliphatic rings. The van der Waals surface area contributed by atoms with Gasteiger partial charge in [0, 0.05) is 6.54 Å². The maximum Gasteiger partial charge on any atom is 0.132 e. The summed E-state index contributed by atoms with van der Waals surface area (Å²) >= 11 is 5.84. The number of rotatable bonds is 3. The van der Waals surface area contributed by atoms with Crippen molar-refractivity contribution in [3.8, 4) is 6.07 Å². The van der Waals surface area contributed by atoms with Crippen LogP contribution in [0.15, 0.2) is 36.4 Å². The number of benzene rings is 1. The molecule has 0 atom stereocenters. The second-order valence-electron chi connectivity index (χ2n) is 3.96. The number of anilines is 1. The van der Waals surface area contributed by atoms with Crippen molar-refractivity contribution >= 4 is 17.4 Å². The number of aryl methyl sites for hydroxylation is 1. The van der Waals surface area contributed by atoms with Gasteiger partial charge in [-0.1, -0.05) is 35.9 Å². The molecule has 2 rings (SSSR count). The quantitative estimate of drug-likeness (QED) is 0.856. The molecule has 0 saturated carbocycles. The largest absolute Gasteiger partial charge is 0.366 e. The Morgan fingerprint density at radius 2 is 2.11 bits per heavy atom. The minimum atomic E-state index is 0.321. The van der Waals surface area contributed by atoms with E-state index in [2.05, 4.69) is 35.4 Å². The average molecular weight is 258 g/mol. The van der Waals surface area contributed by atoms with Crippen LogP contribution in [-0.4, -0.2) is 4.98 Å². The van der Waals surface area contributed by atoms with Gasteiger partial charge in [-0.2, -0.15) is 5.26 Å². The van der Waals surface area contributed by atoms with Crippen molar-refractivity contribution in [3.05, 3.63) is 58.2 Å². The first-order chi connectivity index (χ1) is 8.69. The fourth-order valence-electron chi connectivity index (χ4n) is 1.65. The summed E-state index contributed by atoms with van der Waals surface area (Å²) in [5.74, 6) is 0.613. The van der Waals surface area contributed by atoms with Crippen LogP contribution in [0.4, 0.5) is 5.82 Å². The highest BCUT2D eigenvalue weighted by Gasteiger charge is 2.02. The molecule has 2 aromatic rings. The maximum atomic E-state index is 8.85. The molecule has 18 heavy (non-hydrogen) atoms. The topological polar surface area (TPSA) is 48.7 Å². The summed E-state index contributed by atoms with van der Waals surface area (Å²) in [4.78, 5) is 4.13. The number of hydrogen-bond acceptors (Lipinski definition) is 3. The molecular formula is C14H12ClN3. The van der Waals surface area contributed by atoms with Crippen LogP contribution in [0, 0.1) is 18.3 Å². The third-order valence-corrected chi connectivity index (χ3v) is 2.84. The van der Waals surface area contributed by atoms with Gasteiger partial charge in [0.2, 0.25) is 0 Å². The van der Waals surface area contributed by atoms with Gasteiger partial charge in [0.1, 0.15) is 11.0 Å². The molecule has 1 N–H and O–H groups in total. The van der Waals surface area contributed by atoms with Gasteiger partial charge in [-0.3, -0.25) is 0 Å². The van der Waals surface area contributed by atoms with Crippen LogP contribution >= 0.6 is 11.6 Å². The third kappa shape index (κ3) is 2.99. The van der Waals surface area contributed by atoms with Crippen LogP contribution in [0.3, 0.4) is 0 Å². The summed E-state index contributed by atoms with van der Waals surface area (Å²) in [6.07, 6.45) is 0. The number of nitriles is 1. The number of nitrogens with one attached hydrogen (secondary N) is 1. The molecule has 0 fully saturated rings. The standard InChI is InChI=1S/C14H12ClN3/c1-10-4-2-3-5-12(10)9-17-14-7-11(8-16)6-13(15)18-14/h2-7H,9H2,1H3,(H,17,18). The van der Waals surface area contributed by atoms with Crippen molar-refractivity contribution in [1.82, 2.24) is 4.98 Å². The van der Waals surface area contributed by atoms with Crippen molar-refractivity contribution in [3.63, 3.8) is 0 Å². The highest BCUT2D eigenvalue weighted by molar-refractivity contribution is 6.29. The van der Waals surface area contributed by atoms with E-state index in [1.54, 1.807) is 12.1 Å². The number of halogens is 1. The number of aromatic nitrogens is 1. The smallest absolute Gasteiger partial charge is 0.132 e. The number of pyridine rings is 1. The van der Waals surface area contributed by atoms with E-state index in [9.17, 15) is 0 Å². The van der Waals surface area contributed by atoms with Gasteiger partial charge in [-0.25, -0.2) is 4.98 Å². The van der Waals surface area contributed by atoms with E-state index < -0.39 is 0 Å². The lowest BCUT2D eigenvalue weighted by molar-refractivity contribution is 1.09. The second-order valence-corrected chi connectivity index (χ2v) is 4.34. The summed E-state index contributed by atoms with van der Waals surface area (Å²) in [6, 6.07) is 13.4. The predicted molar refractivity (Wildman–Crippen MR) is 72.5 cm³/mol. The first-order valence-electron chi connectivity index (χ1n) is 5.55. The molecular weight excluding hydrogens is 246 g/mol. The average Bonchev–Trinajstić information content (AvgIpc) is 2.37. The summed E-state index contributed by atoms with van der Waals surface area (Å²) < 4.78 is 0. The minimum Gasteiger partial charge on any atom is -0.366 e. The molecule has 0 aliphatic heterocycles. The molecule has 0 spiro atoms. The van der Waals surface area contributed by atoms with E-state index in [1.807, 2.05) is 12.1 Å². The zero-order chi connectivity index (χ0) is 13.0. The highest BCUT2D eigenvalue weighted by atomic mass is 35.5. The lowest BCUT2D eigenvalue weighted by Gasteiger charge is -2.08. The summed E-state index contributed by atoms with van der Waals surface area (Å²) in [5, 5.41) is 12.3. The zero-order valence-corrected chi connectivity index (χ0v) is 10.7. The third-order valence-electron chi connectivity index (χ3n) is 2.64. The van der Waals surface area contributed by atoms with Crippen LogP contribution in [0.5, 0.6) is 0 Å². The Balaban J connectivity index is 2.14. The fraction of sp³-hybridized carbons (Fsp3) is 0.143. The van der Waals surface area contributed by atoms with Crippen molar-refractivity contribution < 1.29 is 0 Å². The zero-order valence-electron chi connectivity index (χ0n) is 9.94. The number of hydrogen-bond donors (Lipinski definition) is 1. The van der Waals surface area contributed by atoms with E-state index in [4.69, 9.17) is 16.9 Å². The maximum absolute atomic E-state index is 8.85. The minimum absolute atomic E-state index is 0.321. The second kappa shape index (κ2) is 5.52. The first-order valence-corrected chi connectivity index (χ1v) is 5.93. The van der Waals surface area contributed by atoms with Crippen LogP contribution < -0.4 is 5.32 Å². The van der Waals surface area contributed by atoms with Crippen LogP contribution in [0.25, 0.3) is 0 Å². The summed E-state index contributed by atoms with van der Waals surface area (Å²) in [7, 11) is 0. The molecule has 0 aliphatic carbocycles. The number of nitrogens with zero attached hydrogens (tertiary/aromatic N) is 2. The van der Waals surface area contributed by atoms with Crippen molar-refractivity contribution in [2.24, 2.45) is 0 Å². The monoisotopic (exact) mass is 257 g/mol. The molecule has 90 valence electrons. The highest BCUT2D eigenvalue weighted by Crippen LogP contribution is 2.15. The lowest BCUT2D eigenvalue weighted by Crippen LogP contribution is -2.03. The van der Waals surface area contributed by atoms with Gasteiger partial charge < -0.3 is 5.32 Å². The molecule has 3 nitrogen and oxygen atoms in total. The van der Waals surface area contributed by atoms with Gasteiger partial charge in [-0.15, -0.1) is 0 Å². The Bertz CT molecular complexity index is 602. The van der Waals surface area contributed by atoms with E-state index in [0.29, 0.717) is 23.1 Å². The normalized spacial score (nSPS) is 9.83. The molecule has 0 amide bonds. The van der Waals surface area contributed by atoms with Crippen molar-refractivity contribution in [2.75, 3.05) is 5.32 Å². The van der Waals surface area contributed by atoms with Gasteiger partial charge in [0.05, 0.1) is 11.6 Å². The van der Waals surface area contributed by atoms with Crippen molar-refractivity contribution in [2.45, 2.75) is 13.5 Å².